The second kappa shape index (κ2) is 5.67. The van der Waals surface area contributed by atoms with E-state index in [0.717, 1.165) is 18.4 Å². The standard InChI is InChI=1S/C14H18N2O2/c1-11(17)16(13-7-8-13)10-14(18)15-9-12-5-3-2-4-6-12/h2-6,13H,7-10H2,1H3,(H,15,18). The zero-order chi connectivity index (χ0) is 13.0. The van der Waals surface area contributed by atoms with Crippen LogP contribution in [0, 0.1) is 0 Å². The van der Waals surface area contributed by atoms with Crippen molar-refractivity contribution < 1.29 is 9.59 Å². The fourth-order valence-electron chi connectivity index (χ4n) is 1.89. The fraction of sp³-hybridized carbons (Fsp3) is 0.429. The molecule has 1 aromatic rings. The normalized spacial score (nSPS) is 14.1. The van der Waals surface area contributed by atoms with E-state index in [4.69, 9.17) is 0 Å². The van der Waals surface area contributed by atoms with Crippen molar-refractivity contribution >= 4 is 11.8 Å². The van der Waals surface area contributed by atoms with E-state index in [0.29, 0.717) is 6.54 Å². The van der Waals surface area contributed by atoms with Gasteiger partial charge in [0.2, 0.25) is 11.8 Å². The van der Waals surface area contributed by atoms with Crippen LogP contribution in [0.15, 0.2) is 30.3 Å². The summed E-state index contributed by atoms with van der Waals surface area (Å²) in [4.78, 5) is 24.8. The van der Waals surface area contributed by atoms with Crippen LogP contribution >= 0.6 is 0 Å². The maximum Gasteiger partial charge on any atom is 0.239 e. The van der Waals surface area contributed by atoms with Crippen LogP contribution in [0.5, 0.6) is 0 Å². The highest BCUT2D eigenvalue weighted by atomic mass is 16.2. The van der Waals surface area contributed by atoms with Crippen LogP contribution in [0.2, 0.25) is 0 Å². The molecule has 0 spiro atoms. The van der Waals surface area contributed by atoms with E-state index in [-0.39, 0.29) is 24.4 Å². The highest BCUT2D eigenvalue weighted by molar-refractivity contribution is 5.84. The van der Waals surface area contributed by atoms with E-state index in [1.54, 1.807) is 4.90 Å². The van der Waals surface area contributed by atoms with Gasteiger partial charge in [0.1, 0.15) is 0 Å². The molecule has 1 aliphatic carbocycles. The van der Waals surface area contributed by atoms with Gasteiger partial charge < -0.3 is 10.2 Å². The van der Waals surface area contributed by atoms with Gasteiger partial charge in [0.25, 0.3) is 0 Å². The average Bonchev–Trinajstić information content (AvgIpc) is 3.18. The van der Waals surface area contributed by atoms with Crippen molar-refractivity contribution in [1.82, 2.24) is 10.2 Å². The minimum Gasteiger partial charge on any atom is -0.350 e. The third-order valence-corrected chi connectivity index (χ3v) is 3.04. The third kappa shape index (κ3) is 3.58. The number of hydrogen-bond acceptors (Lipinski definition) is 2. The van der Waals surface area contributed by atoms with Crippen LogP contribution < -0.4 is 5.32 Å². The second-order valence-corrected chi connectivity index (χ2v) is 4.64. The molecule has 4 heteroatoms. The summed E-state index contributed by atoms with van der Waals surface area (Å²) in [6, 6.07) is 10.0. The summed E-state index contributed by atoms with van der Waals surface area (Å²) >= 11 is 0. The number of benzene rings is 1. The molecule has 0 heterocycles. The Hall–Kier alpha value is -1.84. The molecule has 18 heavy (non-hydrogen) atoms. The van der Waals surface area contributed by atoms with Crippen LogP contribution in [-0.2, 0) is 16.1 Å². The molecule has 1 N–H and O–H groups in total. The Bertz CT molecular complexity index is 427. The molecular formula is C14H18N2O2. The maximum atomic E-state index is 11.8. The van der Waals surface area contributed by atoms with E-state index in [1.165, 1.54) is 6.92 Å². The Morgan fingerprint density at radius 3 is 2.50 bits per heavy atom. The molecule has 0 saturated heterocycles. The first kappa shape index (κ1) is 12.6. The molecule has 1 saturated carbocycles. The summed E-state index contributed by atoms with van der Waals surface area (Å²) in [5, 5.41) is 2.83. The molecule has 0 aliphatic heterocycles. The molecule has 2 rings (SSSR count). The summed E-state index contributed by atoms with van der Waals surface area (Å²) < 4.78 is 0. The Morgan fingerprint density at radius 2 is 1.94 bits per heavy atom. The van der Waals surface area contributed by atoms with Gasteiger partial charge in [-0.1, -0.05) is 30.3 Å². The Balaban J connectivity index is 1.79. The summed E-state index contributed by atoms with van der Waals surface area (Å²) in [6.07, 6.45) is 2.04. The summed E-state index contributed by atoms with van der Waals surface area (Å²) in [5.41, 5.74) is 1.06. The fourth-order valence-corrected chi connectivity index (χ4v) is 1.89. The molecule has 2 amide bonds. The molecule has 0 aromatic heterocycles. The molecule has 1 aromatic carbocycles. The summed E-state index contributed by atoms with van der Waals surface area (Å²) in [6.45, 7) is 2.20. The van der Waals surface area contributed by atoms with Crippen molar-refractivity contribution in [3.63, 3.8) is 0 Å². The Kier molecular flexibility index (Phi) is 3.97. The molecule has 0 radical (unpaired) electrons. The largest absolute Gasteiger partial charge is 0.350 e. The van der Waals surface area contributed by atoms with Crippen molar-refractivity contribution in [3.8, 4) is 0 Å². The highest BCUT2D eigenvalue weighted by Gasteiger charge is 2.31. The number of carbonyl (C=O) groups is 2. The number of hydrogen-bond donors (Lipinski definition) is 1. The molecular weight excluding hydrogens is 228 g/mol. The monoisotopic (exact) mass is 246 g/mol. The summed E-state index contributed by atoms with van der Waals surface area (Å²) in [7, 11) is 0. The zero-order valence-corrected chi connectivity index (χ0v) is 10.6. The van der Waals surface area contributed by atoms with E-state index >= 15 is 0 Å². The molecule has 4 nitrogen and oxygen atoms in total. The topological polar surface area (TPSA) is 49.4 Å². The first-order valence-corrected chi connectivity index (χ1v) is 6.24. The van der Waals surface area contributed by atoms with Crippen LogP contribution in [0.1, 0.15) is 25.3 Å². The van der Waals surface area contributed by atoms with Crippen molar-refractivity contribution in [1.29, 1.82) is 0 Å². The lowest BCUT2D eigenvalue weighted by atomic mass is 10.2. The zero-order valence-electron chi connectivity index (χ0n) is 10.6. The minimum absolute atomic E-state index is 0.0210. The lowest BCUT2D eigenvalue weighted by Crippen LogP contribution is -2.40. The predicted octanol–water partition coefficient (Wildman–Crippen LogP) is 1.31. The van der Waals surface area contributed by atoms with E-state index in [9.17, 15) is 9.59 Å². The van der Waals surface area contributed by atoms with Crippen LogP contribution in [0.25, 0.3) is 0 Å². The van der Waals surface area contributed by atoms with Crippen molar-refractivity contribution in [2.24, 2.45) is 0 Å². The highest BCUT2D eigenvalue weighted by Crippen LogP contribution is 2.26. The van der Waals surface area contributed by atoms with Crippen LogP contribution in [0.4, 0.5) is 0 Å². The number of rotatable bonds is 5. The lowest BCUT2D eigenvalue weighted by molar-refractivity contribution is -0.134. The van der Waals surface area contributed by atoms with Crippen molar-refractivity contribution in [3.05, 3.63) is 35.9 Å². The minimum atomic E-state index is -0.0963. The van der Waals surface area contributed by atoms with Gasteiger partial charge in [0.05, 0.1) is 6.54 Å². The Labute approximate surface area is 107 Å². The lowest BCUT2D eigenvalue weighted by Gasteiger charge is -2.19. The number of amides is 2. The van der Waals surface area contributed by atoms with Crippen molar-refractivity contribution in [2.75, 3.05) is 6.54 Å². The predicted molar refractivity (Wildman–Crippen MR) is 68.7 cm³/mol. The van der Waals surface area contributed by atoms with Gasteiger partial charge in [-0.3, -0.25) is 9.59 Å². The molecule has 96 valence electrons. The Morgan fingerprint density at radius 1 is 1.28 bits per heavy atom. The first-order chi connectivity index (χ1) is 8.66. The molecule has 0 unspecified atom stereocenters. The molecule has 1 fully saturated rings. The van der Waals surface area contributed by atoms with Gasteiger partial charge in [0, 0.05) is 19.5 Å². The van der Waals surface area contributed by atoms with Gasteiger partial charge in [0.15, 0.2) is 0 Å². The molecule has 1 aliphatic rings. The first-order valence-electron chi connectivity index (χ1n) is 6.24. The van der Waals surface area contributed by atoms with Crippen LogP contribution in [-0.4, -0.2) is 29.3 Å². The third-order valence-electron chi connectivity index (χ3n) is 3.04. The van der Waals surface area contributed by atoms with Crippen LogP contribution in [0.3, 0.4) is 0 Å². The van der Waals surface area contributed by atoms with Gasteiger partial charge in [-0.2, -0.15) is 0 Å². The van der Waals surface area contributed by atoms with Gasteiger partial charge in [-0.05, 0) is 18.4 Å². The van der Waals surface area contributed by atoms with E-state index in [1.807, 2.05) is 30.3 Å². The van der Waals surface area contributed by atoms with Gasteiger partial charge in [-0.15, -0.1) is 0 Å². The van der Waals surface area contributed by atoms with E-state index in [2.05, 4.69) is 5.32 Å². The van der Waals surface area contributed by atoms with E-state index < -0.39 is 0 Å². The average molecular weight is 246 g/mol. The summed E-state index contributed by atoms with van der Waals surface area (Å²) in [5.74, 6) is -0.117. The number of nitrogens with zero attached hydrogens (tertiary/aromatic N) is 1. The van der Waals surface area contributed by atoms with Crippen molar-refractivity contribution in [2.45, 2.75) is 32.4 Å². The molecule has 0 atom stereocenters. The number of nitrogens with one attached hydrogen (secondary N) is 1. The molecule has 0 bridgehead atoms. The smallest absolute Gasteiger partial charge is 0.239 e. The number of carbonyl (C=O) groups excluding carboxylic acids is 2. The SMILES string of the molecule is CC(=O)N(CC(=O)NCc1ccccc1)C1CC1. The van der Waals surface area contributed by atoms with Gasteiger partial charge in [-0.25, -0.2) is 0 Å². The second-order valence-electron chi connectivity index (χ2n) is 4.64. The quantitative estimate of drug-likeness (QED) is 0.851. The maximum absolute atomic E-state index is 11.8. The van der Waals surface area contributed by atoms with Gasteiger partial charge >= 0.3 is 0 Å².